The number of nitrogens with zero attached hydrogens (tertiary/aromatic N) is 2. The van der Waals surface area contributed by atoms with E-state index in [9.17, 15) is 13.2 Å². The quantitative estimate of drug-likeness (QED) is 0.610. The van der Waals surface area contributed by atoms with Gasteiger partial charge in [0.1, 0.15) is 0 Å². The van der Waals surface area contributed by atoms with Crippen LogP contribution in [-0.2, 0) is 19.1 Å². The van der Waals surface area contributed by atoms with E-state index in [0.717, 1.165) is 23.3 Å². The van der Waals surface area contributed by atoms with E-state index < -0.39 is 11.7 Å². The lowest BCUT2D eigenvalue weighted by Gasteiger charge is -2.12. The first kappa shape index (κ1) is 19.6. The molecule has 0 aliphatic carbocycles. The first-order chi connectivity index (χ1) is 12.4. The number of nitrogens with one attached hydrogen (secondary N) is 2. The number of halogens is 3. The van der Waals surface area contributed by atoms with E-state index >= 15 is 0 Å². The summed E-state index contributed by atoms with van der Waals surface area (Å²) < 4.78 is 42.7. The lowest BCUT2D eigenvalue weighted by molar-refractivity contribution is -0.137. The van der Waals surface area contributed by atoms with Crippen molar-refractivity contribution in [2.45, 2.75) is 19.1 Å². The van der Waals surface area contributed by atoms with Crippen LogP contribution in [0.2, 0.25) is 0 Å². The maximum atomic E-state index is 12.5. The van der Waals surface area contributed by atoms with Crippen molar-refractivity contribution in [2.24, 2.45) is 4.99 Å². The normalized spacial score (nSPS) is 12.0. The average molecular weight is 366 g/mol. The van der Waals surface area contributed by atoms with Gasteiger partial charge >= 0.3 is 6.18 Å². The van der Waals surface area contributed by atoms with Crippen molar-refractivity contribution in [3.63, 3.8) is 0 Å². The molecule has 8 heteroatoms. The van der Waals surface area contributed by atoms with Crippen molar-refractivity contribution in [1.82, 2.24) is 15.6 Å². The highest BCUT2D eigenvalue weighted by Gasteiger charge is 2.29. The minimum atomic E-state index is -4.31. The van der Waals surface area contributed by atoms with Crippen LogP contribution in [0.1, 0.15) is 16.7 Å². The van der Waals surface area contributed by atoms with Gasteiger partial charge in [0.15, 0.2) is 5.96 Å². The van der Waals surface area contributed by atoms with Crippen LogP contribution in [0, 0.1) is 0 Å². The maximum Gasteiger partial charge on any atom is 0.416 e. The van der Waals surface area contributed by atoms with Gasteiger partial charge in [-0.3, -0.25) is 4.99 Å². The van der Waals surface area contributed by atoms with Crippen molar-refractivity contribution >= 4 is 5.96 Å². The van der Waals surface area contributed by atoms with Gasteiger partial charge in [-0.1, -0.05) is 12.1 Å². The molecule has 0 saturated carbocycles. The lowest BCUT2D eigenvalue weighted by atomic mass is 10.1. The molecule has 26 heavy (non-hydrogen) atoms. The van der Waals surface area contributed by atoms with Crippen LogP contribution >= 0.6 is 0 Å². The third-order valence-corrected chi connectivity index (χ3v) is 3.68. The molecule has 0 fully saturated rings. The molecule has 1 heterocycles. The van der Waals surface area contributed by atoms with E-state index in [1.54, 1.807) is 20.4 Å². The molecule has 5 nitrogen and oxygen atoms in total. The third kappa shape index (κ3) is 5.94. The second-order valence-electron chi connectivity index (χ2n) is 5.50. The molecule has 2 aromatic rings. The van der Waals surface area contributed by atoms with Gasteiger partial charge in [0.05, 0.1) is 12.7 Å². The number of benzene rings is 1. The first-order valence-corrected chi connectivity index (χ1v) is 8.02. The molecule has 140 valence electrons. The largest absolute Gasteiger partial charge is 0.481 e. The van der Waals surface area contributed by atoms with Gasteiger partial charge in [0.2, 0.25) is 5.88 Å². The maximum absolute atomic E-state index is 12.5. The second kappa shape index (κ2) is 9.07. The summed E-state index contributed by atoms with van der Waals surface area (Å²) in [6, 6.07) is 8.86. The molecule has 0 spiro atoms. The smallest absolute Gasteiger partial charge is 0.416 e. The molecule has 0 saturated heterocycles. The Morgan fingerprint density at radius 3 is 2.46 bits per heavy atom. The SMILES string of the molecule is CN=C(NCCc1ccc(C(F)(F)F)cc1)NCc1ccnc(OC)c1. The number of guanidine groups is 1. The number of alkyl halides is 3. The summed E-state index contributed by atoms with van der Waals surface area (Å²) in [6.45, 7) is 1.09. The zero-order valence-corrected chi connectivity index (χ0v) is 14.6. The Morgan fingerprint density at radius 1 is 1.12 bits per heavy atom. The summed E-state index contributed by atoms with van der Waals surface area (Å²) >= 11 is 0. The van der Waals surface area contributed by atoms with E-state index in [1.165, 1.54) is 12.1 Å². The molecule has 0 aliphatic rings. The molecule has 0 aliphatic heterocycles. The molecule has 1 aromatic heterocycles. The molecule has 1 aromatic carbocycles. The molecule has 0 atom stereocenters. The molecule has 2 N–H and O–H groups in total. The van der Waals surface area contributed by atoms with Gasteiger partial charge in [0, 0.05) is 32.4 Å². The van der Waals surface area contributed by atoms with Gasteiger partial charge < -0.3 is 15.4 Å². The number of methoxy groups -OCH3 is 1. The van der Waals surface area contributed by atoms with Crippen molar-refractivity contribution in [1.29, 1.82) is 0 Å². The number of rotatable bonds is 6. The lowest BCUT2D eigenvalue weighted by Crippen LogP contribution is -2.37. The molecular formula is C18H21F3N4O. The fourth-order valence-electron chi connectivity index (χ4n) is 2.26. The van der Waals surface area contributed by atoms with Gasteiger partial charge in [-0.2, -0.15) is 13.2 Å². The molecule has 0 bridgehead atoms. The number of pyridine rings is 1. The van der Waals surface area contributed by atoms with Crippen LogP contribution < -0.4 is 15.4 Å². The Morgan fingerprint density at radius 2 is 1.85 bits per heavy atom. The van der Waals surface area contributed by atoms with Crippen LogP contribution in [0.3, 0.4) is 0 Å². The predicted molar refractivity (Wildman–Crippen MR) is 94.1 cm³/mol. The van der Waals surface area contributed by atoms with E-state index in [-0.39, 0.29) is 0 Å². The number of aromatic nitrogens is 1. The van der Waals surface area contributed by atoms with Gasteiger partial charge in [-0.25, -0.2) is 4.98 Å². The highest BCUT2D eigenvalue weighted by Crippen LogP contribution is 2.29. The van der Waals surface area contributed by atoms with E-state index in [2.05, 4.69) is 20.6 Å². The fourth-order valence-corrected chi connectivity index (χ4v) is 2.26. The molecular weight excluding hydrogens is 345 g/mol. The van der Waals surface area contributed by atoms with Crippen LogP contribution in [0.5, 0.6) is 5.88 Å². The van der Waals surface area contributed by atoms with Gasteiger partial charge in [0.25, 0.3) is 0 Å². The predicted octanol–water partition coefficient (Wildman–Crippen LogP) is 3.02. The fraction of sp³-hybridized carbons (Fsp3) is 0.333. The number of hydrogen-bond acceptors (Lipinski definition) is 3. The number of aliphatic imine (C=N–C) groups is 1. The zero-order chi connectivity index (χ0) is 19.0. The molecule has 0 radical (unpaired) electrons. The Bertz CT molecular complexity index is 730. The van der Waals surface area contributed by atoms with Gasteiger partial charge in [-0.05, 0) is 35.7 Å². The topological polar surface area (TPSA) is 58.5 Å². The molecule has 0 unspecified atom stereocenters. The third-order valence-electron chi connectivity index (χ3n) is 3.68. The summed E-state index contributed by atoms with van der Waals surface area (Å²) in [6.07, 6.45) is -2.06. The minimum absolute atomic E-state index is 0.537. The second-order valence-corrected chi connectivity index (χ2v) is 5.50. The Hall–Kier alpha value is -2.77. The zero-order valence-electron chi connectivity index (χ0n) is 14.6. The van der Waals surface area contributed by atoms with E-state index in [4.69, 9.17) is 4.74 Å². The summed E-state index contributed by atoms with van der Waals surface area (Å²) in [5.41, 5.74) is 1.17. The summed E-state index contributed by atoms with van der Waals surface area (Å²) in [5.74, 6) is 1.14. The van der Waals surface area contributed by atoms with Gasteiger partial charge in [-0.15, -0.1) is 0 Å². The van der Waals surface area contributed by atoms with Crippen molar-refractivity contribution < 1.29 is 17.9 Å². The van der Waals surface area contributed by atoms with Crippen molar-refractivity contribution in [3.8, 4) is 5.88 Å². The van der Waals surface area contributed by atoms with E-state index in [0.29, 0.717) is 31.3 Å². The highest BCUT2D eigenvalue weighted by molar-refractivity contribution is 5.79. The molecule has 0 amide bonds. The standard InChI is InChI=1S/C18H21F3N4O/c1-22-17(25-12-14-8-9-23-16(11-14)26-2)24-10-7-13-3-5-15(6-4-13)18(19,20)21/h3-6,8-9,11H,7,10,12H2,1-2H3,(H2,22,24,25). The summed E-state index contributed by atoms with van der Waals surface area (Å²) in [4.78, 5) is 8.17. The minimum Gasteiger partial charge on any atom is -0.481 e. The van der Waals surface area contributed by atoms with Crippen molar-refractivity contribution in [2.75, 3.05) is 20.7 Å². The number of hydrogen-bond donors (Lipinski definition) is 2. The highest BCUT2D eigenvalue weighted by atomic mass is 19.4. The molecule has 2 rings (SSSR count). The Labute approximate surface area is 150 Å². The van der Waals surface area contributed by atoms with Crippen LogP contribution in [0.15, 0.2) is 47.6 Å². The summed E-state index contributed by atoms with van der Waals surface area (Å²) in [7, 11) is 3.21. The van der Waals surface area contributed by atoms with Crippen LogP contribution in [0.25, 0.3) is 0 Å². The Balaban J connectivity index is 1.80. The monoisotopic (exact) mass is 366 g/mol. The average Bonchev–Trinajstić information content (AvgIpc) is 2.64. The van der Waals surface area contributed by atoms with Crippen molar-refractivity contribution in [3.05, 3.63) is 59.3 Å². The van der Waals surface area contributed by atoms with Crippen LogP contribution in [0.4, 0.5) is 13.2 Å². The first-order valence-electron chi connectivity index (χ1n) is 8.02. The van der Waals surface area contributed by atoms with Crippen LogP contribution in [-0.4, -0.2) is 31.6 Å². The Kier molecular flexibility index (Phi) is 6.82. The number of ether oxygens (including phenoxy) is 1. The van der Waals surface area contributed by atoms with E-state index in [1.807, 2.05) is 12.1 Å². The summed E-state index contributed by atoms with van der Waals surface area (Å²) in [5, 5.41) is 6.29.